The molecule has 1 aliphatic rings. The Morgan fingerprint density at radius 2 is 1.72 bits per heavy atom. The van der Waals surface area contributed by atoms with Gasteiger partial charge in [-0.25, -0.2) is 0 Å². The van der Waals surface area contributed by atoms with E-state index in [1.807, 2.05) is 13.8 Å². The fourth-order valence-electron chi connectivity index (χ4n) is 2.95. The Kier molecular flexibility index (Phi) is 7.26. The third kappa shape index (κ3) is 5.14. The highest BCUT2D eigenvalue weighted by molar-refractivity contribution is 8.18. The average molecular weight is 456 g/mol. The van der Waals surface area contributed by atoms with Crippen LogP contribution in [0.4, 0.5) is 10.5 Å². The van der Waals surface area contributed by atoms with Crippen LogP contribution in [0.15, 0.2) is 47.4 Å². The van der Waals surface area contributed by atoms with E-state index in [9.17, 15) is 24.5 Å². The minimum atomic E-state index is -0.581. The zero-order valence-electron chi connectivity index (χ0n) is 17.4. The number of hydrogen-bond acceptors (Lipinski definition) is 8. The van der Waals surface area contributed by atoms with Gasteiger partial charge in [0.15, 0.2) is 17.3 Å². The second-order valence-electron chi connectivity index (χ2n) is 6.57. The summed E-state index contributed by atoms with van der Waals surface area (Å²) >= 11 is 0.739. The molecule has 2 aromatic rings. The molecule has 0 aliphatic carbocycles. The molecule has 166 valence electrons. The summed E-state index contributed by atoms with van der Waals surface area (Å²) in [5.74, 6) is 0.0224. The van der Waals surface area contributed by atoms with Gasteiger partial charge in [-0.15, -0.1) is 0 Å². The molecule has 0 radical (unpaired) electrons. The van der Waals surface area contributed by atoms with Crippen LogP contribution in [0.5, 0.6) is 11.5 Å². The monoisotopic (exact) mass is 456 g/mol. The van der Waals surface area contributed by atoms with Gasteiger partial charge in [0.05, 0.1) is 29.6 Å². The summed E-state index contributed by atoms with van der Waals surface area (Å²) in [5.41, 5.74) is 0.660. The van der Waals surface area contributed by atoms with Crippen molar-refractivity contribution in [1.82, 2.24) is 4.90 Å². The highest BCUT2D eigenvalue weighted by Gasteiger charge is 2.36. The molecule has 2 amide bonds. The number of carbonyl (C=O) groups excluding carboxylic acids is 3. The minimum Gasteiger partial charge on any atom is -0.490 e. The first kappa shape index (κ1) is 23.0. The summed E-state index contributed by atoms with van der Waals surface area (Å²) in [5, 5.41) is 10.2. The standard InChI is InChI=1S/C22H20N2O7S/c1-3-30-18-10-5-14(11-19(18)31-4-2)12-20-21(26)23(22(27)32-20)13-17(25)15-6-8-16(9-7-15)24(28)29/h5-12H,3-4,13H2,1-2H3/b20-12+. The molecular weight excluding hydrogens is 436 g/mol. The van der Waals surface area contributed by atoms with Gasteiger partial charge in [0, 0.05) is 17.7 Å². The lowest BCUT2D eigenvalue weighted by atomic mass is 10.1. The number of ketones is 1. The molecule has 0 N–H and O–H groups in total. The van der Waals surface area contributed by atoms with Crippen molar-refractivity contribution in [3.8, 4) is 11.5 Å². The molecule has 1 heterocycles. The molecule has 0 aromatic heterocycles. The number of ether oxygens (including phenoxy) is 2. The normalized spacial score (nSPS) is 14.7. The van der Waals surface area contributed by atoms with Crippen molar-refractivity contribution >= 4 is 40.5 Å². The van der Waals surface area contributed by atoms with Crippen molar-refractivity contribution in [2.75, 3.05) is 19.8 Å². The van der Waals surface area contributed by atoms with Gasteiger partial charge in [-0.2, -0.15) is 0 Å². The van der Waals surface area contributed by atoms with Gasteiger partial charge in [0.1, 0.15) is 0 Å². The number of nitro groups is 1. The first-order chi connectivity index (χ1) is 15.3. The van der Waals surface area contributed by atoms with E-state index in [2.05, 4.69) is 0 Å². The maximum Gasteiger partial charge on any atom is 0.293 e. The smallest absolute Gasteiger partial charge is 0.293 e. The summed E-state index contributed by atoms with van der Waals surface area (Å²) < 4.78 is 11.1. The lowest BCUT2D eigenvalue weighted by Gasteiger charge is -2.12. The Bertz CT molecular complexity index is 1100. The van der Waals surface area contributed by atoms with E-state index in [1.165, 1.54) is 24.3 Å². The number of rotatable bonds is 9. The van der Waals surface area contributed by atoms with E-state index in [1.54, 1.807) is 24.3 Å². The summed E-state index contributed by atoms with van der Waals surface area (Å²) in [6.07, 6.45) is 1.56. The Morgan fingerprint density at radius 1 is 1.06 bits per heavy atom. The van der Waals surface area contributed by atoms with Gasteiger partial charge in [-0.3, -0.25) is 29.4 Å². The topological polar surface area (TPSA) is 116 Å². The molecule has 0 unspecified atom stereocenters. The first-order valence-electron chi connectivity index (χ1n) is 9.76. The Hall–Kier alpha value is -3.66. The maximum absolute atomic E-state index is 12.7. The van der Waals surface area contributed by atoms with Crippen LogP contribution in [0.1, 0.15) is 29.8 Å². The number of Topliss-reactive ketones (excluding diaryl/α,β-unsaturated/α-hetero) is 1. The van der Waals surface area contributed by atoms with E-state index in [-0.39, 0.29) is 16.2 Å². The zero-order chi connectivity index (χ0) is 23.3. The Morgan fingerprint density at radius 3 is 2.34 bits per heavy atom. The summed E-state index contributed by atoms with van der Waals surface area (Å²) in [6.45, 7) is 4.16. The molecule has 0 saturated carbocycles. The van der Waals surface area contributed by atoms with Crippen molar-refractivity contribution in [2.24, 2.45) is 0 Å². The first-order valence-corrected chi connectivity index (χ1v) is 10.6. The van der Waals surface area contributed by atoms with Crippen molar-refractivity contribution < 1.29 is 28.8 Å². The molecule has 1 aliphatic heterocycles. The molecule has 0 spiro atoms. The van der Waals surface area contributed by atoms with Crippen molar-refractivity contribution in [3.63, 3.8) is 0 Å². The predicted octanol–water partition coefficient (Wildman–Crippen LogP) is 4.31. The largest absolute Gasteiger partial charge is 0.490 e. The number of nitrogens with zero attached hydrogens (tertiary/aromatic N) is 2. The molecule has 0 atom stereocenters. The second kappa shape index (κ2) is 10.1. The number of non-ortho nitro benzene ring substituents is 1. The quantitative estimate of drug-likeness (QED) is 0.237. The van der Waals surface area contributed by atoms with E-state index in [0.29, 0.717) is 30.3 Å². The molecular formula is C22H20N2O7S. The number of thioether (sulfide) groups is 1. The Balaban J connectivity index is 1.76. The third-order valence-corrected chi connectivity index (χ3v) is 5.35. The molecule has 3 rings (SSSR count). The highest BCUT2D eigenvalue weighted by Crippen LogP contribution is 2.34. The summed E-state index contributed by atoms with van der Waals surface area (Å²) in [4.78, 5) is 48.8. The van der Waals surface area contributed by atoms with Gasteiger partial charge < -0.3 is 9.47 Å². The second-order valence-corrected chi connectivity index (χ2v) is 7.56. The SMILES string of the molecule is CCOc1ccc(/C=C2/SC(=O)N(CC(=O)c3ccc([N+](=O)[O-])cc3)C2=O)cc1OCC. The van der Waals surface area contributed by atoms with Crippen LogP contribution in [0.3, 0.4) is 0 Å². The minimum absolute atomic E-state index is 0.155. The van der Waals surface area contributed by atoms with Gasteiger partial charge >= 0.3 is 0 Å². The van der Waals surface area contributed by atoms with Gasteiger partial charge in [0.25, 0.3) is 16.8 Å². The van der Waals surface area contributed by atoms with Crippen LogP contribution in [-0.4, -0.2) is 46.5 Å². The number of hydrogen-bond donors (Lipinski definition) is 0. The fourth-order valence-corrected chi connectivity index (χ4v) is 3.79. The molecule has 1 saturated heterocycles. The van der Waals surface area contributed by atoms with Crippen LogP contribution in [0.2, 0.25) is 0 Å². The number of amides is 2. The third-order valence-electron chi connectivity index (χ3n) is 4.44. The van der Waals surface area contributed by atoms with Crippen molar-refractivity contribution in [1.29, 1.82) is 0 Å². The van der Waals surface area contributed by atoms with E-state index in [4.69, 9.17) is 9.47 Å². The van der Waals surface area contributed by atoms with Crippen molar-refractivity contribution in [3.05, 3.63) is 68.6 Å². The van der Waals surface area contributed by atoms with E-state index < -0.39 is 28.4 Å². The van der Waals surface area contributed by atoms with Crippen LogP contribution in [-0.2, 0) is 4.79 Å². The van der Waals surface area contributed by atoms with Gasteiger partial charge in [-0.1, -0.05) is 6.07 Å². The van der Waals surface area contributed by atoms with Crippen LogP contribution in [0, 0.1) is 10.1 Å². The number of benzene rings is 2. The molecule has 9 nitrogen and oxygen atoms in total. The highest BCUT2D eigenvalue weighted by atomic mass is 32.2. The summed E-state index contributed by atoms with van der Waals surface area (Å²) in [6, 6.07) is 10.2. The number of nitro benzene ring substituents is 1. The van der Waals surface area contributed by atoms with Gasteiger partial charge in [-0.05, 0) is 61.5 Å². The number of imide groups is 1. The number of carbonyl (C=O) groups is 3. The predicted molar refractivity (Wildman–Crippen MR) is 119 cm³/mol. The molecule has 2 aromatic carbocycles. The summed E-state index contributed by atoms with van der Waals surface area (Å²) in [7, 11) is 0. The molecule has 0 bridgehead atoms. The average Bonchev–Trinajstić information content (AvgIpc) is 3.03. The van der Waals surface area contributed by atoms with Crippen LogP contribution in [0.25, 0.3) is 6.08 Å². The van der Waals surface area contributed by atoms with Crippen molar-refractivity contribution in [2.45, 2.75) is 13.8 Å². The lowest BCUT2D eigenvalue weighted by molar-refractivity contribution is -0.384. The molecule has 10 heteroatoms. The van der Waals surface area contributed by atoms with Gasteiger partial charge in [0.2, 0.25) is 0 Å². The molecule has 1 fully saturated rings. The van der Waals surface area contributed by atoms with Crippen LogP contribution >= 0.6 is 11.8 Å². The van der Waals surface area contributed by atoms with Crippen LogP contribution < -0.4 is 9.47 Å². The van der Waals surface area contributed by atoms with E-state index >= 15 is 0 Å². The molecule has 32 heavy (non-hydrogen) atoms. The Labute approximate surface area is 188 Å². The zero-order valence-corrected chi connectivity index (χ0v) is 18.2. The maximum atomic E-state index is 12.7. The fraction of sp³-hybridized carbons (Fsp3) is 0.227. The van der Waals surface area contributed by atoms with E-state index in [0.717, 1.165) is 16.7 Å². The lowest BCUT2D eigenvalue weighted by Crippen LogP contribution is -2.33.